The molecule has 26 heavy (non-hydrogen) atoms. The molecular weight excluding hydrogens is 347 g/mol. The number of halogens is 3. The largest absolute Gasteiger partial charge is 0.416 e. The van der Waals surface area contributed by atoms with Crippen LogP contribution in [0.25, 0.3) is 0 Å². The van der Waals surface area contributed by atoms with Crippen molar-refractivity contribution in [3.8, 4) is 0 Å². The minimum absolute atomic E-state index is 0.0305. The van der Waals surface area contributed by atoms with Crippen molar-refractivity contribution in [2.75, 3.05) is 39.3 Å². The van der Waals surface area contributed by atoms with Crippen LogP contribution < -0.4 is 5.32 Å². The zero-order valence-electron chi connectivity index (χ0n) is 15.0. The third-order valence-corrected chi connectivity index (χ3v) is 4.17. The minimum Gasteiger partial charge on any atom is -0.355 e. The van der Waals surface area contributed by atoms with Gasteiger partial charge in [-0.05, 0) is 24.1 Å². The summed E-state index contributed by atoms with van der Waals surface area (Å²) in [4.78, 5) is 27.8. The highest BCUT2D eigenvalue weighted by Gasteiger charge is 2.31. The number of nitrogens with zero attached hydrogens (tertiary/aromatic N) is 2. The van der Waals surface area contributed by atoms with Gasteiger partial charge in [0.05, 0.1) is 12.1 Å². The summed E-state index contributed by atoms with van der Waals surface area (Å²) in [5.41, 5.74) is -0.799. The molecule has 2 amide bonds. The molecule has 1 saturated heterocycles. The van der Waals surface area contributed by atoms with Crippen LogP contribution in [0.15, 0.2) is 24.3 Å². The van der Waals surface area contributed by atoms with Gasteiger partial charge in [-0.2, -0.15) is 13.2 Å². The van der Waals surface area contributed by atoms with Gasteiger partial charge < -0.3 is 10.2 Å². The number of hydrogen-bond donors (Lipinski definition) is 1. The van der Waals surface area contributed by atoms with Crippen LogP contribution >= 0.6 is 0 Å². The fourth-order valence-electron chi connectivity index (χ4n) is 2.70. The van der Waals surface area contributed by atoms with Gasteiger partial charge >= 0.3 is 6.18 Å². The highest BCUT2D eigenvalue weighted by Crippen LogP contribution is 2.29. The van der Waals surface area contributed by atoms with Crippen molar-refractivity contribution in [3.05, 3.63) is 35.4 Å². The van der Waals surface area contributed by atoms with E-state index in [1.54, 1.807) is 0 Å². The molecule has 0 unspecified atom stereocenters. The standard InChI is InChI=1S/C18H24F3N3O2/c1-13(2)11-22-16(25)12-23-6-8-24(9-7-23)17(26)14-4-3-5-15(10-14)18(19,20)21/h3-5,10,13H,6-9,11-12H2,1-2H3,(H,22,25). The monoisotopic (exact) mass is 371 g/mol. The van der Waals surface area contributed by atoms with E-state index in [2.05, 4.69) is 5.32 Å². The van der Waals surface area contributed by atoms with Crippen LogP contribution in [0.2, 0.25) is 0 Å². The molecule has 0 bridgehead atoms. The molecule has 1 heterocycles. The number of piperazine rings is 1. The molecule has 0 aliphatic carbocycles. The third-order valence-electron chi connectivity index (χ3n) is 4.17. The van der Waals surface area contributed by atoms with Crippen molar-refractivity contribution in [1.29, 1.82) is 0 Å². The SMILES string of the molecule is CC(C)CNC(=O)CN1CCN(C(=O)c2cccc(C(F)(F)F)c2)CC1. The van der Waals surface area contributed by atoms with E-state index in [0.717, 1.165) is 12.1 Å². The van der Waals surface area contributed by atoms with Gasteiger partial charge in [-0.1, -0.05) is 19.9 Å². The van der Waals surface area contributed by atoms with Crippen molar-refractivity contribution < 1.29 is 22.8 Å². The number of amides is 2. The number of hydrogen-bond acceptors (Lipinski definition) is 3. The van der Waals surface area contributed by atoms with E-state index < -0.39 is 17.6 Å². The molecule has 1 aromatic rings. The molecule has 1 aliphatic rings. The van der Waals surface area contributed by atoms with Gasteiger partial charge in [0.1, 0.15) is 0 Å². The molecule has 0 spiro atoms. The lowest BCUT2D eigenvalue weighted by Crippen LogP contribution is -2.51. The first kappa shape index (κ1) is 20.2. The second-order valence-electron chi connectivity index (χ2n) is 6.84. The molecule has 5 nitrogen and oxygen atoms in total. The predicted octanol–water partition coefficient (Wildman–Crippen LogP) is 2.24. The fourth-order valence-corrected chi connectivity index (χ4v) is 2.70. The molecule has 2 rings (SSSR count). The fraction of sp³-hybridized carbons (Fsp3) is 0.556. The normalized spacial score (nSPS) is 16.0. The Morgan fingerprint density at radius 1 is 1.15 bits per heavy atom. The summed E-state index contributed by atoms with van der Waals surface area (Å²) in [5, 5.41) is 2.84. The van der Waals surface area contributed by atoms with E-state index in [1.807, 2.05) is 18.7 Å². The summed E-state index contributed by atoms with van der Waals surface area (Å²) in [6, 6.07) is 4.47. The van der Waals surface area contributed by atoms with Gasteiger partial charge in [0.25, 0.3) is 5.91 Å². The van der Waals surface area contributed by atoms with E-state index in [9.17, 15) is 22.8 Å². The Morgan fingerprint density at radius 2 is 1.81 bits per heavy atom. The molecule has 0 aromatic heterocycles. The van der Waals surface area contributed by atoms with Gasteiger partial charge in [-0.3, -0.25) is 14.5 Å². The molecule has 1 aromatic carbocycles. The van der Waals surface area contributed by atoms with Gasteiger partial charge in [-0.25, -0.2) is 0 Å². The smallest absolute Gasteiger partial charge is 0.355 e. The first-order chi connectivity index (χ1) is 12.2. The van der Waals surface area contributed by atoms with E-state index >= 15 is 0 Å². The van der Waals surface area contributed by atoms with E-state index in [0.29, 0.717) is 38.6 Å². The number of carbonyl (C=O) groups excluding carboxylic acids is 2. The maximum absolute atomic E-state index is 12.8. The van der Waals surface area contributed by atoms with E-state index in [-0.39, 0.29) is 18.0 Å². The van der Waals surface area contributed by atoms with Gasteiger partial charge in [0.2, 0.25) is 5.91 Å². The van der Waals surface area contributed by atoms with Gasteiger partial charge in [0, 0.05) is 38.3 Å². The van der Waals surface area contributed by atoms with Crippen LogP contribution in [0.3, 0.4) is 0 Å². The first-order valence-corrected chi connectivity index (χ1v) is 8.62. The molecule has 1 fully saturated rings. The van der Waals surface area contributed by atoms with Crippen LogP contribution in [-0.2, 0) is 11.0 Å². The van der Waals surface area contributed by atoms with Gasteiger partial charge in [0.15, 0.2) is 0 Å². The van der Waals surface area contributed by atoms with Crippen molar-refractivity contribution in [2.45, 2.75) is 20.0 Å². The summed E-state index contributed by atoms with van der Waals surface area (Å²) in [5.74, 6) is -0.0998. The third kappa shape index (κ3) is 5.72. The highest BCUT2D eigenvalue weighted by atomic mass is 19.4. The average molecular weight is 371 g/mol. The summed E-state index contributed by atoms with van der Waals surface area (Å²) < 4.78 is 38.4. The Morgan fingerprint density at radius 3 is 2.38 bits per heavy atom. The second-order valence-corrected chi connectivity index (χ2v) is 6.84. The predicted molar refractivity (Wildman–Crippen MR) is 91.6 cm³/mol. The number of rotatable bonds is 5. The zero-order valence-corrected chi connectivity index (χ0v) is 15.0. The minimum atomic E-state index is -4.47. The summed E-state index contributed by atoms with van der Waals surface area (Å²) in [6.07, 6.45) is -4.47. The van der Waals surface area contributed by atoms with Crippen molar-refractivity contribution in [3.63, 3.8) is 0 Å². The van der Waals surface area contributed by atoms with Crippen molar-refractivity contribution in [1.82, 2.24) is 15.1 Å². The maximum atomic E-state index is 12.8. The van der Waals surface area contributed by atoms with Crippen LogP contribution in [0.4, 0.5) is 13.2 Å². The number of benzene rings is 1. The number of carbonyl (C=O) groups is 2. The Balaban J connectivity index is 1.88. The Labute approximate surface area is 151 Å². The summed E-state index contributed by atoms with van der Waals surface area (Å²) in [6.45, 7) is 6.70. The first-order valence-electron chi connectivity index (χ1n) is 8.62. The maximum Gasteiger partial charge on any atom is 0.416 e. The Bertz CT molecular complexity index is 639. The molecule has 0 saturated carbocycles. The molecule has 144 valence electrons. The van der Waals surface area contributed by atoms with E-state index in [1.165, 1.54) is 17.0 Å². The quantitative estimate of drug-likeness (QED) is 0.864. The lowest BCUT2D eigenvalue weighted by atomic mass is 10.1. The summed E-state index contributed by atoms with van der Waals surface area (Å²) >= 11 is 0. The van der Waals surface area contributed by atoms with Crippen LogP contribution in [0.5, 0.6) is 0 Å². The molecule has 1 aliphatic heterocycles. The topological polar surface area (TPSA) is 52.7 Å². The number of alkyl halides is 3. The zero-order chi connectivity index (χ0) is 19.3. The van der Waals surface area contributed by atoms with E-state index in [4.69, 9.17) is 0 Å². The lowest BCUT2D eigenvalue weighted by Gasteiger charge is -2.34. The molecule has 1 N–H and O–H groups in total. The van der Waals surface area contributed by atoms with Crippen molar-refractivity contribution >= 4 is 11.8 Å². The molecule has 0 radical (unpaired) electrons. The average Bonchev–Trinajstić information content (AvgIpc) is 2.59. The van der Waals surface area contributed by atoms with Crippen LogP contribution in [0, 0.1) is 5.92 Å². The number of nitrogens with one attached hydrogen (secondary N) is 1. The molecule has 0 atom stereocenters. The van der Waals surface area contributed by atoms with Crippen LogP contribution in [-0.4, -0.2) is 60.9 Å². The summed E-state index contributed by atoms with van der Waals surface area (Å²) in [7, 11) is 0. The lowest BCUT2D eigenvalue weighted by molar-refractivity contribution is -0.137. The van der Waals surface area contributed by atoms with Gasteiger partial charge in [-0.15, -0.1) is 0 Å². The van der Waals surface area contributed by atoms with Crippen LogP contribution in [0.1, 0.15) is 29.8 Å². The molecule has 8 heteroatoms. The molecular formula is C18H24F3N3O2. The Kier molecular flexibility index (Phi) is 6.63. The van der Waals surface area contributed by atoms with Crippen molar-refractivity contribution in [2.24, 2.45) is 5.92 Å². The Hall–Kier alpha value is -2.09. The highest BCUT2D eigenvalue weighted by molar-refractivity contribution is 5.94. The second kappa shape index (κ2) is 8.53.